The molecule has 1 N–H and O–H groups in total. The van der Waals surface area contributed by atoms with Crippen LogP contribution in [0.2, 0.25) is 0 Å². The van der Waals surface area contributed by atoms with Gasteiger partial charge in [-0.25, -0.2) is 0 Å². The third-order valence-corrected chi connectivity index (χ3v) is 5.66. The third kappa shape index (κ3) is 3.50. The smallest absolute Gasteiger partial charge is 0.261 e. The molecule has 0 aliphatic carbocycles. The highest BCUT2D eigenvalue weighted by atomic mass is 32.1. The molecule has 0 spiro atoms. The Labute approximate surface area is 156 Å². The monoisotopic (exact) mass is 375 g/mol. The predicted octanol–water partition coefficient (Wildman–Crippen LogP) is 3.31. The number of carbonyl (C=O) groups excluding carboxylic acids is 1. The Morgan fingerprint density at radius 1 is 1.23 bits per heavy atom. The van der Waals surface area contributed by atoms with Crippen LogP contribution in [0.15, 0.2) is 24.3 Å². The van der Waals surface area contributed by atoms with Crippen molar-refractivity contribution in [2.45, 2.75) is 25.5 Å². The number of amides is 1. The van der Waals surface area contributed by atoms with Crippen molar-refractivity contribution >= 4 is 17.2 Å². The van der Waals surface area contributed by atoms with E-state index in [9.17, 15) is 4.79 Å². The fourth-order valence-corrected chi connectivity index (χ4v) is 4.16. The summed E-state index contributed by atoms with van der Waals surface area (Å²) in [5, 5.41) is 2.95. The Kier molecular flexibility index (Phi) is 4.99. The van der Waals surface area contributed by atoms with E-state index in [0.717, 1.165) is 29.9 Å². The number of fused-ring (bicyclic) bond motifs is 1. The van der Waals surface area contributed by atoms with Crippen LogP contribution in [0.4, 0.5) is 0 Å². The first-order valence-corrected chi connectivity index (χ1v) is 9.52. The van der Waals surface area contributed by atoms with Crippen molar-refractivity contribution < 1.29 is 23.7 Å². The second-order valence-corrected chi connectivity index (χ2v) is 7.31. The molecule has 4 rings (SSSR count). The number of methoxy groups -OCH3 is 1. The molecule has 1 amide bonds. The Hall–Kier alpha value is -2.25. The van der Waals surface area contributed by atoms with Gasteiger partial charge in [0.15, 0.2) is 11.5 Å². The molecule has 3 heterocycles. The summed E-state index contributed by atoms with van der Waals surface area (Å²) < 4.78 is 22.3. The molecule has 0 saturated carbocycles. The largest absolute Gasteiger partial charge is 0.496 e. The van der Waals surface area contributed by atoms with Crippen LogP contribution >= 0.6 is 11.3 Å². The van der Waals surface area contributed by atoms with Gasteiger partial charge >= 0.3 is 0 Å². The minimum absolute atomic E-state index is 0.101. The van der Waals surface area contributed by atoms with E-state index in [2.05, 4.69) is 5.32 Å². The summed E-state index contributed by atoms with van der Waals surface area (Å²) in [4.78, 5) is 14.3. The molecule has 0 radical (unpaired) electrons. The van der Waals surface area contributed by atoms with E-state index < -0.39 is 0 Å². The average molecular weight is 375 g/mol. The van der Waals surface area contributed by atoms with Gasteiger partial charge in [0.05, 0.1) is 18.1 Å². The van der Waals surface area contributed by atoms with Crippen LogP contribution in [0.5, 0.6) is 17.2 Å². The summed E-state index contributed by atoms with van der Waals surface area (Å²) in [6, 6.07) is 7.51. The molecule has 1 fully saturated rings. The van der Waals surface area contributed by atoms with Crippen molar-refractivity contribution in [1.82, 2.24) is 5.32 Å². The zero-order valence-corrected chi connectivity index (χ0v) is 15.4. The van der Waals surface area contributed by atoms with E-state index in [1.165, 1.54) is 11.3 Å². The lowest BCUT2D eigenvalue weighted by atomic mass is 10.1. The number of hydrogen-bond donors (Lipinski definition) is 1. The quantitative estimate of drug-likeness (QED) is 0.869. The lowest BCUT2D eigenvalue weighted by Crippen LogP contribution is -2.22. The van der Waals surface area contributed by atoms with Crippen LogP contribution < -0.4 is 19.5 Å². The molecule has 1 saturated heterocycles. The molecule has 1 aromatic heterocycles. The summed E-state index contributed by atoms with van der Waals surface area (Å²) >= 11 is 1.49. The molecular weight excluding hydrogens is 354 g/mol. The number of benzene rings is 1. The highest BCUT2D eigenvalue weighted by molar-refractivity contribution is 7.14. The van der Waals surface area contributed by atoms with Gasteiger partial charge in [-0.2, -0.15) is 0 Å². The zero-order valence-electron chi connectivity index (χ0n) is 14.6. The minimum atomic E-state index is -0.101. The maximum atomic E-state index is 12.5. The highest BCUT2D eigenvalue weighted by Gasteiger charge is 2.21. The van der Waals surface area contributed by atoms with E-state index in [4.69, 9.17) is 18.9 Å². The van der Waals surface area contributed by atoms with Crippen molar-refractivity contribution in [1.29, 1.82) is 0 Å². The standard InChI is InChI=1S/C19H21NO5S/c1-22-14-10-16-15(24-7-8-25-16)9-12(14)11-20-19(21)18-5-4-17(26-18)13-3-2-6-23-13/h4-5,9-10,13H,2-3,6-8,11H2,1H3,(H,20,21). The van der Waals surface area contributed by atoms with Gasteiger partial charge in [-0.3, -0.25) is 4.79 Å². The van der Waals surface area contributed by atoms with Gasteiger partial charge in [0, 0.05) is 29.7 Å². The molecule has 1 atom stereocenters. The number of hydrogen-bond acceptors (Lipinski definition) is 6. The van der Waals surface area contributed by atoms with Crippen molar-refractivity contribution in [2.24, 2.45) is 0 Å². The van der Waals surface area contributed by atoms with E-state index in [-0.39, 0.29) is 12.0 Å². The van der Waals surface area contributed by atoms with E-state index >= 15 is 0 Å². The van der Waals surface area contributed by atoms with Gasteiger partial charge in [-0.1, -0.05) is 0 Å². The zero-order chi connectivity index (χ0) is 17.9. The Morgan fingerprint density at radius 3 is 2.77 bits per heavy atom. The lowest BCUT2D eigenvalue weighted by Gasteiger charge is -2.20. The fraction of sp³-hybridized carbons (Fsp3) is 0.421. The molecule has 0 bridgehead atoms. The summed E-state index contributed by atoms with van der Waals surface area (Å²) in [6.07, 6.45) is 2.24. The first-order chi connectivity index (χ1) is 12.7. The molecular formula is C19H21NO5S. The molecule has 2 aliphatic heterocycles. The second-order valence-electron chi connectivity index (χ2n) is 6.19. The van der Waals surface area contributed by atoms with E-state index in [0.29, 0.717) is 41.9 Å². The van der Waals surface area contributed by atoms with Gasteiger partial charge in [0.2, 0.25) is 0 Å². The molecule has 1 aromatic carbocycles. The Bertz CT molecular complexity index is 797. The molecule has 26 heavy (non-hydrogen) atoms. The van der Waals surface area contributed by atoms with Crippen molar-refractivity contribution in [2.75, 3.05) is 26.9 Å². The fourth-order valence-electron chi connectivity index (χ4n) is 3.15. The van der Waals surface area contributed by atoms with E-state index in [1.807, 2.05) is 18.2 Å². The SMILES string of the molecule is COc1cc2c(cc1CNC(=O)c1ccc(C3CCCO3)s1)OCCO2. The van der Waals surface area contributed by atoms with Crippen molar-refractivity contribution in [3.8, 4) is 17.2 Å². The highest BCUT2D eigenvalue weighted by Crippen LogP contribution is 2.37. The van der Waals surface area contributed by atoms with Gasteiger partial charge in [-0.15, -0.1) is 11.3 Å². The van der Waals surface area contributed by atoms with Gasteiger partial charge < -0.3 is 24.3 Å². The maximum Gasteiger partial charge on any atom is 0.261 e. The molecule has 7 heteroatoms. The van der Waals surface area contributed by atoms with Crippen LogP contribution in [0.3, 0.4) is 0 Å². The molecule has 2 aromatic rings. The number of rotatable bonds is 5. The molecule has 1 unspecified atom stereocenters. The summed E-state index contributed by atoms with van der Waals surface area (Å²) in [5.41, 5.74) is 0.848. The third-order valence-electron chi connectivity index (χ3n) is 4.48. The van der Waals surface area contributed by atoms with Crippen LogP contribution in [0.25, 0.3) is 0 Å². The second kappa shape index (κ2) is 7.55. The van der Waals surface area contributed by atoms with Gasteiger partial charge in [0.1, 0.15) is 19.0 Å². The topological polar surface area (TPSA) is 66.0 Å². The van der Waals surface area contributed by atoms with Crippen LogP contribution in [-0.4, -0.2) is 32.8 Å². The summed E-state index contributed by atoms with van der Waals surface area (Å²) in [7, 11) is 1.60. The van der Waals surface area contributed by atoms with Gasteiger partial charge in [-0.05, 0) is 31.0 Å². The minimum Gasteiger partial charge on any atom is -0.496 e. The summed E-state index contributed by atoms with van der Waals surface area (Å²) in [6.45, 7) is 2.20. The maximum absolute atomic E-state index is 12.5. The average Bonchev–Trinajstić information content (AvgIpc) is 3.36. The van der Waals surface area contributed by atoms with Crippen LogP contribution in [0, 0.1) is 0 Å². The molecule has 2 aliphatic rings. The number of carbonyl (C=O) groups is 1. The molecule has 138 valence electrons. The van der Waals surface area contributed by atoms with Crippen molar-refractivity contribution in [3.05, 3.63) is 39.6 Å². The van der Waals surface area contributed by atoms with Gasteiger partial charge in [0.25, 0.3) is 5.91 Å². The Balaban J connectivity index is 1.44. The Morgan fingerprint density at radius 2 is 2.04 bits per heavy atom. The summed E-state index contributed by atoms with van der Waals surface area (Å²) in [5.74, 6) is 1.91. The van der Waals surface area contributed by atoms with Crippen molar-refractivity contribution in [3.63, 3.8) is 0 Å². The normalized spacial score (nSPS) is 18.6. The first-order valence-electron chi connectivity index (χ1n) is 8.70. The predicted molar refractivity (Wildman–Crippen MR) is 97.4 cm³/mol. The number of ether oxygens (including phenoxy) is 4. The van der Waals surface area contributed by atoms with E-state index in [1.54, 1.807) is 13.2 Å². The molecule has 6 nitrogen and oxygen atoms in total. The lowest BCUT2D eigenvalue weighted by molar-refractivity contribution is 0.0954. The number of nitrogens with one attached hydrogen (secondary N) is 1. The van der Waals surface area contributed by atoms with Crippen LogP contribution in [0.1, 0.15) is 39.1 Å². The number of thiophene rings is 1. The first kappa shape index (κ1) is 17.2. The van der Waals surface area contributed by atoms with Crippen LogP contribution in [-0.2, 0) is 11.3 Å².